The maximum absolute atomic E-state index is 11.8. The number of aryl methyl sites for hydroxylation is 3. The highest BCUT2D eigenvalue weighted by molar-refractivity contribution is 5.83. The van der Waals surface area contributed by atoms with E-state index in [2.05, 4.69) is 44.3 Å². The van der Waals surface area contributed by atoms with Gasteiger partial charge in [-0.1, -0.05) is 43.2 Å². The van der Waals surface area contributed by atoms with Crippen molar-refractivity contribution < 1.29 is 4.79 Å². The highest BCUT2D eigenvalue weighted by atomic mass is 16.1. The van der Waals surface area contributed by atoms with E-state index in [4.69, 9.17) is 0 Å². The SMILES string of the molecule is CCNC(CCCc1cc(C)cc(C)c1)C(=O)CC. The number of benzene rings is 1. The van der Waals surface area contributed by atoms with Crippen molar-refractivity contribution in [1.82, 2.24) is 5.32 Å². The number of hydrogen-bond acceptors (Lipinski definition) is 2. The molecule has 0 saturated carbocycles. The number of hydrogen-bond donors (Lipinski definition) is 1. The van der Waals surface area contributed by atoms with Gasteiger partial charge in [-0.15, -0.1) is 0 Å². The minimum atomic E-state index is 0.0425. The molecule has 0 aliphatic carbocycles. The molecule has 0 spiro atoms. The van der Waals surface area contributed by atoms with E-state index in [1.165, 1.54) is 16.7 Å². The molecule has 106 valence electrons. The summed E-state index contributed by atoms with van der Waals surface area (Å²) in [5.41, 5.74) is 4.03. The van der Waals surface area contributed by atoms with Gasteiger partial charge < -0.3 is 5.32 Å². The first kappa shape index (κ1) is 15.9. The van der Waals surface area contributed by atoms with Crippen molar-refractivity contribution in [3.05, 3.63) is 34.9 Å². The molecule has 0 saturated heterocycles. The first-order chi connectivity index (χ1) is 9.06. The number of carbonyl (C=O) groups is 1. The number of ketones is 1. The molecule has 19 heavy (non-hydrogen) atoms. The zero-order valence-electron chi connectivity index (χ0n) is 12.8. The number of Topliss-reactive ketones (excluding diaryl/α,β-unsaturated/α-hetero) is 1. The molecule has 0 aliphatic rings. The normalized spacial score (nSPS) is 12.4. The Hall–Kier alpha value is -1.15. The van der Waals surface area contributed by atoms with Gasteiger partial charge in [0.05, 0.1) is 6.04 Å². The lowest BCUT2D eigenvalue weighted by atomic mass is 9.99. The monoisotopic (exact) mass is 261 g/mol. The van der Waals surface area contributed by atoms with Crippen LogP contribution in [0.5, 0.6) is 0 Å². The van der Waals surface area contributed by atoms with Gasteiger partial charge in [0.1, 0.15) is 5.78 Å². The van der Waals surface area contributed by atoms with Crippen LogP contribution in [0.15, 0.2) is 18.2 Å². The van der Waals surface area contributed by atoms with Gasteiger partial charge in [0.15, 0.2) is 0 Å². The fourth-order valence-electron chi connectivity index (χ4n) is 2.59. The Balaban J connectivity index is 2.49. The summed E-state index contributed by atoms with van der Waals surface area (Å²) < 4.78 is 0. The molecule has 1 atom stereocenters. The van der Waals surface area contributed by atoms with Crippen LogP contribution in [0.2, 0.25) is 0 Å². The molecular formula is C17H27NO. The Labute approximate surface area is 117 Å². The molecular weight excluding hydrogens is 234 g/mol. The minimum Gasteiger partial charge on any atom is -0.308 e. The Morgan fingerprint density at radius 1 is 1.16 bits per heavy atom. The summed E-state index contributed by atoms with van der Waals surface area (Å²) in [4.78, 5) is 11.8. The second-order valence-electron chi connectivity index (χ2n) is 5.32. The van der Waals surface area contributed by atoms with Crippen molar-refractivity contribution in [2.75, 3.05) is 6.54 Å². The van der Waals surface area contributed by atoms with Gasteiger partial charge in [0, 0.05) is 6.42 Å². The summed E-state index contributed by atoms with van der Waals surface area (Å²) in [6, 6.07) is 6.74. The van der Waals surface area contributed by atoms with Gasteiger partial charge in [-0.25, -0.2) is 0 Å². The highest BCUT2D eigenvalue weighted by Crippen LogP contribution is 2.13. The van der Waals surface area contributed by atoms with E-state index < -0.39 is 0 Å². The summed E-state index contributed by atoms with van der Waals surface area (Å²) in [5, 5.41) is 3.29. The van der Waals surface area contributed by atoms with Crippen LogP contribution in [-0.2, 0) is 11.2 Å². The molecule has 0 aromatic heterocycles. The van der Waals surface area contributed by atoms with E-state index in [-0.39, 0.29) is 6.04 Å². The molecule has 0 amide bonds. The molecule has 0 aliphatic heterocycles. The average molecular weight is 261 g/mol. The average Bonchev–Trinajstić information content (AvgIpc) is 2.35. The van der Waals surface area contributed by atoms with Gasteiger partial charge in [-0.2, -0.15) is 0 Å². The lowest BCUT2D eigenvalue weighted by Crippen LogP contribution is -2.36. The van der Waals surface area contributed by atoms with Crippen LogP contribution >= 0.6 is 0 Å². The van der Waals surface area contributed by atoms with Crippen molar-refractivity contribution in [2.45, 2.75) is 59.4 Å². The molecule has 1 unspecified atom stereocenters. The number of carbonyl (C=O) groups excluding carboxylic acids is 1. The number of nitrogens with one attached hydrogen (secondary N) is 1. The van der Waals surface area contributed by atoms with Crippen LogP contribution in [0.1, 0.15) is 49.8 Å². The summed E-state index contributed by atoms with van der Waals surface area (Å²) in [6.45, 7) is 9.13. The molecule has 1 N–H and O–H groups in total. The van der Waals surface area contributed by atoms with Crippen molar-refractivity contribution in [1.29, 1.82) is 0 Å². The van der Waals surface area contributed by atoms with Crippen LogP contribution in [0.25, 0.3) is 0 Å². The maximum atomic E-state index is 11.8. The largest absolute Gasteiger partial charge is 0.308 e. The predicted molar refractivity (Wildman–Crippen MR) is 81.6 cm³/mol. The third kappa shape index (κ3) is 5.56. The molecule has 2 heteroatoms. The topological polar surface area (TPSA) is 29.1 Å². The number of rotatable bonds is 8. The van der Waals surface area contributed by atoms with Gasteiger partial charge in [-0.05, 0) is 45.2 Å². The fraction of sp³-hybridized carbons (Fsp3) is 0.588. The molecule has 0 fully saturated rings. The zero-order chi connectivity index (χ0) is 14.3. The summed E-state index contributed by atoms with van der Waals surface area (Å²) in [7, 11) is 0. The Kier molecular flexibility index (Phi) is 6.79. The number of likely N-dealkylation sites (N-methyl/N-ethyl adjacent to an activating group) is 1. The van der Waals surface area contributed by atoms with Crippen LogP contribution in [0.3, 0.4) is 0 Å². The summed E-state index contributed by atoms with van der Waals surface area (Å²) in [6.07, 6.45) is 3.68. The van der Waals surface area contributed by atoms with E-state index in [1.54, 1.807) is 0 Å². The first-order valence-electron chi connectivity index (χ1n) is 7.40. The van der Waals surface area contributed by atoms with E-state index in [0.717, 1.165) is 25.8 Å². The Morgan fingerprint density at radius 3 is 2.32 bits per heavy atom. The molecule has 1 rings (SSSR count). The van der Waals surface area contributed by atoms with Crippen LogP contribution in [0.4, 0.5) is 0 Å². The molecule has 1 aromatic carbocycles. The fourth-order valence-corrected chi connectivity index (χ4v) is 2.59. The van der Waals surface area contributed by atoms with Crippen molar-refractivity contribution >= 4 is 5.78 Å². The van der Waals surface area contributed by atoms with E-state index in [0.29, 0.717) is 12.2 Å². The van der Waals surface area contributed by atoms with Crippen molar-refractivity contribution in [3.63, 3.8) is 0 Å². The van der Waals surface area contributed by atoms with Crippen LogP contribution < -0.4 is 5.32 Å². The van der Waals surface area contributed by atoms with Crippen LogP contribution in [-0.4, -0.2) is 18.4 Å². The first-order valence-corrected chi connectivity index (χ1v) is 7.40. The molecule has 0 heterocycles. The second kappa shape index (κ2) is 8.11. The van der Waals surface area contributed by atoms with E-state index >= 15 is 0 Å². The molecule has 2 nitrogen and oxygen atoms in total. The lowest BCUT2D eigenvalue weighted by molar-refractivity contribution is -0.120. The maximum Gasteiger partial charge on any atom is 0.149 e. The van der Waals surface area contributed by atoms with Crippen molar-refractivity contribution in [3.8, 4) is 0 Å². The van der Waals surface area contributed by atoms with E-state index in [1.807, 2.05) is 6.92 Å². The summed E-state index contributed by atoms with van der Waals surface area (Å²) in [5.74, 6) is 0.335. The Morgan fingerprint density at radius 2 is 1.79 bits per heavy atom. The lowest BCUT2D eigenvalue weighted by Gasteiger charge is -2.15. The minimum absolute atomic E-state index is 0.0425. The smallest absolute Gasteiger partial charge is 0.149 e. The standard InChI is InChI=1S/C17H27NO/c1-5-17(19)16(18-6-2)9-7-8-15-11-13(3)10-14(4)12-15/h10-12,16,18H,5-9H2,1-4H3. The highest BCUT2D eigenvalue weighted by Gasteiger charge is 2.14. The molecule has 1 aromatic rings. The van der Waals surface area contributed by atoms with Crippen molar-refractivity contribution in [2.24, 2.45) is 0 Å². The van der Waals surface area contributed by atoms with Crippen LogP contribution in [0, 0.1) is 13.8 Å². The third-order valence-corrected chi connectivity index (χ3v) is 3.43. The van der Waals surface area contributed by atoms with Gasteiger partial charge in [0.25, 0.3) is 0 Å². The van der Waals surface area contributed by atoms with Gasteiger partial charge in [-0.3, -0.25) is 4.79 Å². The van der Waals surface area contributed by atoms with E-state index in [9.17, 15) is 4.79 Å². The Bertz CT molecular complexity index is 391. The quantitative estimate of drug-likeness (QED) is 0.775. The predicted octanol–water partition coefficient (Wildman–Crippen LogP) is 3.58. The molecule has 0 radical (unpaired) electrons. The second-order valence-corrected chi connectivity index (χ2v) is 5.32. The van der Waals surface area contributed by atoms with Gasteiger partial charge >= 0.3 is 0 Å². The zero-order valence-corrected chi connectivity index (χ0v) is 12.8. The third-order valence-electron chi connectivity index (χ3n) is 3.43. The molecule has 0 bridgehead atoms. The summed E-state index contributed by atoms with van der Waals surface area (Å²) >= 11 is 0. The van der Waals surface area contributed by atoms with Gasteiger partial charge in [0.2, 0.25) is 0 Å².